The monoisotopic (exact) mass is 420 g/mol. The number of esters is 1. The van der Waals surface area contributed by atoms with E-state index in [1.54, 1.807) is 0 Å². The third kappa shape index (κ3) is 4.73. The van der Waals surface area contributed by atoms with Crippen molar-refractivity contribution in [3.63, 3.8) is 0 Å². The summed E-state index contributed by atoms with van der Waals surface area (Å²) >= 11 is 0. The van der Waals surface area contributed by atoms with Gasteiger partial charge in [-0.05, 0) is 53.2 Å². The first-order chi connectivity index (χ1) is 15.2. The Morgan fingerprint density at radius 3 is 2.84 bits per heavy atom. The number of allylic oxidation sites excluding steroid dienone is 1. The summed E-state index contributed by atoms with van der Waals surface area (Å²) in [4.78, 5) is 12.5. The van der Waals surface area contributed by atoms with E-state index in [1.807, 2.05) is 6.08 Å². The second kappa shape index (κ2) is 9.94. The molecule has 2 atom stereocenters. The van der Waals surface area contributed by atoms with Crippen LogP contribution in [-0.4, -0.2) is 37.2 Å². The molecule has 0 aromatic heterocycles. The molecule has 1 aliphatic carbocycles. The molecule has 0 amide bonds. The Morgan fingerprint density at radius 1 is 1.16 bits per heavy atom. The topological polar surface area (TPSA) is 65.0 Å². The number of aliphatic hydroxyl groups excluding tert-OH is 1. The third-order valence-electron chi connectivity index (χ3n) is 5.73. The molecule has 31 heavy (non-hydrogen) atoms. The van der Waals surface area contributed by atoms with E-state index in [-0.39, 0.29) is 24.9 Å². The van der Waals surface area contributed by atoms with E-state index < -0.39 is 12.3 Å². The Labute approximate surface area is 183 Å². The third-order valence-corrected chi connectivity index (χ3v) is 5.73. The van der Waals surface area contributed by atoms with Gasteiger partial charge in [0.05, 0.1) is 6.61 Å². The van der Waals surface area contributed by atoms with Crippen LogP contribution in [0.15, 0.2) is 67.0 Å². The minimum absolute atomic E-state index is 0.0212. The Hall–Kier alpha value is -2.89. The molecule has 162 valence electrons. The van der Waals surface area contributed by atoms with Crippen LogP contribution in [0.25, 0.3) is 11.1 Å². The Balaban J connectivity index is 1.61. The van der Waals surface area contributed by atoms with E-state index in [1.165, 1.54) is 33.9 Å². The zero-order chi connectivity index (χ0) is 21.6. The first kappa shape index (κ1) is 21.3. The summed E-state index contributed by atoms with van der Waals surface area (Å²) in [6.45, 7) is 4.31. The number of fused-ring (bicyclic) bond motifs is 3. The number of unbranched alkanes of at least 4 members (excludes halogenated alkanes) is 1. The van der Waals surface area contributed by atoms with Gasteiger partial charge in [0.2, 0.25) is 12.0 Å². The van der Waals surface area contributed by atoms with E-state index >= 15 is 0 Å². The number of ether oxygens (including phenoxy) is 3. The maximum Gasteiger partial charge on any atom is 0.373 e. The van der Waals surface area contributed by atoms with Gasteiger partial charge < -0.3 is 19.3 Å². The van der Waals surface area contributed by atoms with E-state index in [9.17, 15) is 4.79 Å². The van der Waals surface area contributed by atoms with Gasteiger partial charge in [-0.3, -0.25) is 0 Å². The molecular formula is C26H28O5. The van der Waals surface area contributed by atoms with Crippen LogP contribution in [0.2, 0.25) is 0 Å². The molecule has 0 fully saturated rings. The summed E-state index contributed by atoms with van der Waals surface area (Å²) in [7, 11) is 0. The molecule has 5 nitrogen and oxygen atoms in total. The smallest absolute Gasteiger partial charge is 0.373 e. The Kier molecular flexibility index (Phi) is 6.85. The van der Waals surface area contributed by atoms with Crippen molar-refractivity contribution in [1.82, 2.24) is 0 Å². The number of hydrogen-bond donors (Lipinski definition) is 1. The molecule has 1 N–H and O–H groups in total. The highest BCUT2D eigenvalue weighted by atomic mass is 16.7. The fourth-order valence-corrected chi connectivity index (χ4v) is 4.29. The quantitative estimate of drug-likeness (QED) is 0.314. The molecule has 2 aliphatic rings. The van der Waals surface area contributed by atoms with Crippen LogP contribution in [0.1, 0.15) is 41.9 Å². The summed E-state index contributed by atoms with van der Waals surface area (Å²) in [5, 5.41) is 8.99. The highest BCUT2D eigenvalue weighted by Crippen LogP contribution is 2.42. The van der Waals surface area contributed by atoms with Crippen molar-refractivity contribution in [1.29, 1.82) is 0 Å². The second-order valence-corrected chi connectivity index (χ2v) is 7.82. The second-order valence-electron chi connectivity index (χ2n) is 7.82. The summed E-state index contributed by atoms with van der Waals surface area (Å²) in [5.41, 5.74) is 6.34. The molecular weight excluding hydrogens is 392 g/mol. The zero-order valence-electron chi connectivity index (χ0n) is 17.6. The summed E-state index contributed by atoms with van der Waals surface area (Å²) < 4.78 is 16.9. The summed E-state index contributed by atoms with van der Waals surface area (Å²) in [6, 6.07) is 14.8. The van der Waals surface area contributed by atoms with Gasteiger partial charge in [0.1, 0.15) is 6.61 Å². The lowest BCUT2D eigenvalue weighted by Gasteiger charge is -2.30. The van der Waals surface area contributed by atoms with E-state index in [2.05, 4.69) is 49.0 Å². The lowest BCUT2D eigenvalue weighted by Crippen LogP contribution is -2.28. The lowest BCUT2D eigenvalue weighted by atomic mass is 9.87. The number of carbonyl (C=O) groups excluding carboxylic acids is 1. The molecule has 2 aromatic rings. The molecule has 2 aromatic carbocycles. The molecule has 0 saturated carbocycles. The Bertz CT molecular complexity index is 978. The SMILES string of the molecule is C=CCOC(=O)C1=C[C@@H](c2cccc3c2Cc2ccccc2-3)C[C@@H](OCCCCO)O1. The standard InChI is InChI=1S/C26H28O5/c1-2-13-30-26(28)24-16-19(17-25(31-24)29-14-6-5-12-27)21-10-7-11-22-20-9-4-3-8-18(20)15-23(21)22/h2-4,7-11,16,19,25,27H,1,5-6,12-15,17H2/t19-,25+/m1/s1. The minimum atomic E-state index is -0.542. The number of aliphatic hydroxyl groups is 1. The van der Waals surface area contributed by atoms with Gasteiger partial charge in [-0.2, -0.15) is 0 Å². The minimum Gasteiger partial charge on any atom is -0.458 e. The predicted octanol–water partition coefficient (Wildman–Crippen LogP) is 4.49. The predicted molar refractivity (Wildman–Crippen MR) is 118 cm³/mol. The van der Waals surface area contributed by atoms with E-state index in [0.29, 0.717) is 19.4 Å². The van der Waals surface area contributed by atoms with Gasteiger partial charge in [-0.15, -0.1) is 0 Å². The van der Waals surface area contributed by atoms with Crippen molar-refractivity contribution in [3.05, 3.63) is 83.6 Å². The van der Waals surface area contributed by atoms with Crippen LogP contribution in [-0.2, 0) is 25.4 Å². The van der Waals surface area contributed by atoms with Crippen LogP contribution >= 0.6 is 0 Å². The maximum atomic E-state index is 12.5. The molecule has 1 heterocycles. The van der Waals surface area contributed by atoms with Crippen molar-refractivity contribution in [2.24, 2.45) is 0 Å². The zero-order valence-corrected chi connectivity index (χ0v) is 17.6. The van der Waals surface area contributed by atoms with Crippen molar-refractivity contribution >= 4 is 5.97 Å². The van der Waals surface area contributed by atoms with Crippen molar-refractivity contribution in [3.8, 4) is 11.1 Å². The summed E-state index contributed by atoms with van der Waals surface area (Å²) in [6.07, 6.45) is 5.75. The van der Waals surface area contributed by atoms with E-state index in [0.717, 1.165) is 12.8 Å². The molecule has 0 saturated heterocycles. The fourth-order valence-electron chi connectivity index (χ4n) is 4.29. The lowest BCUT2D eigenvalue weighted by molar-refractivity contribution is -0.160. The van der Waals surface area contributed by atoms with Crippen LogP contribution in [0.5, 0.6) is 0 Å². The van der Waals surface area contributed by atoms with Gasteiger partial charge in [-0.1, -0.05) is 55.1 Å². The highest BCUT2D eigenvalue weighted by molar-refractivity contribution is 5.87. The molecule has 0 radical (unpaired) electrons. The number of benzene rings is 2. The first-order valence-corrected chi connectivity index (χ1v) is 10.8. The summed E-state index contributed by atoms with van der Waals surface area (Å²) in [5.74, 6) is -0.352. The highest BCUT2D eigenvalue weighted by Gasteiger charge is 2.32. The van der Waals surface area contributed by atoms with Gasteiger partial charge in [0.15, 0.2) is 0 Å². The van der Waals surface area contributed by atoms with E-state index in [4.69, 9.17) is 19.3 Å². The molecule has 4 rings (SSSR count). The Morgan fingerprint density at radius 2 is 2.00 bits per heavy atom. The van der Waals surface area contributed by atoms with Gasteiger partial charge in [-0.25, -0.2) is 4.79 Å². The largest absolute Gasteiger partial charge is 0.458 e. The van der Waals surface area contributed by atoms with Gasteiger partial charge in [0.25, 0.3) is 0 Å². The normalized spacial score (nSPS) is 19.1. The van der Waals surface area contributed by atoms with Crippen LogP contribution < -0.4 is 0 Å². The molecule has 5 heteroatoms. The van der Waals surface area contributed by atoms with Crippen LogP contribution in [0.4, 0.5) is 0 Å². The average Bonchev–Trinajstić information content (AvgIpc) is 3.19. The van der Waals surface area contributed by atoms with Gasteiger partial charge in [0, 0.05) is 18.9 Å². The average molecular weight is 421 g/mol. The molecule has 1 aliphatic heterocycles. The molecule has 0 bridgehead atoms. The number of carbonyl (C=O) groups is 1. The molecule has 0 unspecified atom stereocenters. The number of rotatable bonds is 9. The van der Waals surface area contributed by atoms with Crippen LogP contribution in [0, 0.1) is 0 Å². The maximum absolute atomic E-state index is 12.5. The molecule has 0 spiro atoms. The van der Waals surface area contributed by atoms with Crippen LogP contribution in [0.3, 0.4) is 0 Å². The van der Waals surface area contributed by atoms with Crippen molar-refractivity contribution in [2.45, 2.75) is 37.9 Å². The van der Waals surface area contributed by atoms with Crippen molar-refractivity contribution in [2.75, 3.05) is 19.8 Å². The fraction of sp³-hybridized carbons (Fsp3) is 0.346. The van der Waals surface area contributed by atoms with Gasteiger partial charge >= 0.3 is 5.97 Å². The van der Waals surface area contributed by atoms with Crippen molar-refractivity contribution < 1.29 is 24.1 Å². The number of hydrogen-bond acceptors (Lipinski definition) is 5. The first-order valence-electron chi connectivity index (χ1n) is 10.8.